The minimum absolute atomic E-state index is 0.246. The fourth-order valence-electron chi connectivity index (χ4n) is 1.48. The Morgan fingerprint density at radius 3 is 2.79 bits per heavy atom. The summed E-state index contributed by atoms with van der Waals surface area (Å²) in [6.07, 6.45) is 6.44. The molecule has 4 N–H and O–H groups in total. The number of nitrogens with zero attached hydrogens (tertiary/aromatic N) is 4. The minimum atomic E-state index is -0.278. The highest BCUT2D eigenvalue weighted by atomic mass is 16.1. The average Bonchev–Trinajstić information content (AvgIpc) is 2.84. The molecule has 0 unspecified atom stereocenters. The third-order valence-electron chi connectivity index (χ3n) is 2.42. The molecule has 100 valence electrons. The van der Waals surface area contributed by atoms with Crippen molar-refractivity contribution in [2.24, 2.45) is 5.84 Å². The van der Waals surface area contributed by atoms with Crippen LogP contribution in [0.25, 0.3) is 0 Å². The summed E-state index contributed by atoms with van der Waals surface area (Å²) in [7, 11) is 0. The van der Waals surface area contributed by atoms with Gasteiger partial charge in [0.15, 0.2) is 5.82 Å². The van der Waals surface area contributed by atoms with Crippen molar-refractivity contribution >= 4 is 11.7 Å². The summed E-state index contributed by atoms with van der Waals surface area (Å²) in [5, 5.41) is 6.86. The molecule has 0 spiro atoms. The normalized spacial score (nSPS) is 10.2. The molecule has 0 aliphatic carbocycles. The Hall–Kier alpha value is -2.48. The fourth-order valence-corrected chi connectivity index (χ4v) is 1.48. The average molecular weight is 261 g/mol. The van der Waals surface area contributed by atoms with E-state index in [9.17, 15) is 4.79 Å². The summed E-state index contributed by atoms with van der Waals surface area (Å²) < 4.78 is 1.77. The Morgan fingerprint density at radius 1 is 1.37 bits per heavy atom. The number of rotatable bonds is 5. The van der Waals surface area contributed by atoms with E-state index in [1.165, 1.54) is 12.4 Å². The van der Waals surface area contributed by atoms with Crippen LogP contribution in [0.4, 0.5) is 5.82 Å². The zero-order chi connectivity index (χ0) is 13.7. The summed E-state index contributed by atoms with van der Waals surface area (Å²) in [5.41, 5.74) is 3.67. The second-order valence-corrected chi connectivity index (χ2v) is 3.97. The van der Waals surface area contributed by atoms with Gasteiger partial charge < -0.3 is 10.7 Å². The first-order valence-electron chi connectivity index (χ1n) is 5.75. The molecule has 0 saturated carbocycles. The zero-order valence-electron chi connectivity index (χ0n) is 10.5. The van der Waals surface area contributed by atoms with Crippen LogP contribution in [0.5, 0.6) is 0 Å². The molecule has 0 saturated heterocycles. The van der Waals surface area contributed by atoms with Gasteiger partial charge in [-0.05, 0) is 12.5 Å². The first kappa shape index (κ1) is 13.0. The first-order chi connectivity index (χ1) is 9.19. The molecule has 1 amide bonds. The van der Waals surface area contributed by atoms with E-state index >= 15 is 0 Å². The van der Waals surface area contributed by atoms with Gasteiger partial charge in [-0.15, -0.1) is 0 Å². The van der Waals surface area contributed by atoms with Crippen LogP contribution in [-0.4, -0.2) is 32.2 Å². The second-order valence-electron chi connectivity index (χ2n) is 3.97. The van der Waals surface area contributed by atoms with E-state index in [0.717, 1.165) is 5.56 Å². The number of amides is 1. The van der Waals surface area contributed by atoms with Crippen LogP contribution in [0, 0.1) is 6.92 Å². The number of carbonyl (C=O) groups excluding carboxylic acids is 1. The summed E-state index contributed by atoms with van der Waals surface area (Å²) in [6.45, 7) is 3.04. The van der Waals surface area contributed by atoms with Gasteiger partial charge in [0, 0.05) is 12.7 Å². The smallest absolute Gasteiger partial charge is 0.271 e. The Bertz CT molecular complexity index is 548. The number of nitrogens with one attached hydrogen (secondary N) is 2. The Kier molecular flexibility index (Phi) is 4.04. The topological polar surface area (TPSA) is 111 Å². The predicted octanol–water partition coefficient (Wildman–Crippen LogP) is -0.303. The highest BCUT2D eigenvalue weighted by Crippen LogP contribution is 1.98. The third kappa shape index (κ3) is 3.49. The maximum atomic E-state index is 11.7. The summed E-state index contributed by atoms with van der Waals surface area (Å²) in [5.74, 6) is 5.29. The zero-order valence-corrected chi connectivity index (χ0v) is 10.5. The highest BCUT2D eigenvalue weighted by Gasteiger charge is 2.07. The second kappa shape index (κ2) is 5.91. The largest absolute Gasteiger partial charge is 0.349 e. The van der Waals surface area contributed by atoms with Crippen molar-refractivity contribution in [1.82, 2.24) is 25.1 Å². The number of aryl methyl sites for hydroxylation is 1. The minimum Gasteiger partial charge on any atom is -0.349 e. The molecule has 2 aromatic heterocycles. The Morgan fingerprint density at radius 2 is 2.21 bits per heavy atom. The van der Waals surface area contributed by atoms with Crippen molar-refractivity contribution in [2.75, 3.05) is 12.0 Å². The van der Waals surface area contributed by atoms with E-state index in [0.29, 0.717) is 18.9 Å². The molecule has 0 atom stereocenters. The van der Waals surface area contributed by atoms with Crippen LogP contribution in [-0.2, 0) is 6.54 Å². The first-order valence-corrected chi connectivity index (χ1v) is 5.75. The van der Waals surface area contributed by atoms with Crippen molar-refractivity contribution < 1.29 is 4.79 Å². The van der Waals surface area contributed by atoms with E-state index < -0.39 is 0 Å². The molecule has 0 bridgehead atoms. The van der Waals surface area contributed by atoms with E-state index in [-0.39, 0.29) is 11.6 Å². The quantitative estimate of drug-likeness (QED) is 0.503. The molecule has 19 heavy (non-hydrogen) atoms. The lowest BCUT2D eigenvalue weighted by Gasteiger charge is -2.05. The number of nitrogen functional groups attached to an aromatic ring is 1. The van der Waals surface area contributed by atoms with E-state index in [1.54, 1.807) is 10.9 Å². The van der Waals surface area contributed by atoms with Gasteiger partial charge in [0.1, 0.15) is 5.69 Å². The van der Waals surface area contributed by atoms with Crippen LogP contribution in [0.1, 0.15) is 16.1 Å². The van der Waals surface area contributed by atoms with E-state index in [4.69, 9.17) is 5.84 Å². The number of hydrogen-bond acceptors (Lipinski definition) is 6. The number of carbonyl (C=O) groups is 1. The van der Waals surface area contributed by atoms with Crippen molar-refractivity contribution in [3.63, 3.8) is 0 Å². The van der Waals surface area contributed by atoms with Crippen molar-refractivity contribution in [3.05, 3.63) is 36.0 Å². The number of nitrogens with two attached hydrogens (primary N) is 1. The van der Waals surface area contributed by atoms with Crippen LogP contribution < -0.4 is 16.6 Å². The molecule has 8 nitrogen and oxygen atoms in total. The number of aromatic nitrogens is 4. The lowest BCUT2D eigenvalue weighted by Crippen LogP contribution is -2.28. The monoisotopic (exact) mass is 261 g/mol. The molecule has 2 rings (SSSR count). The number of hydrogen-bond donors (Lipinski definition) is 3. The SMILES string of the molecule is Cc1cnn(CCNC(=O)c2cnc(NN)cn2)c1. The maximum absolute atomic E-state index is 11.7. The summed E-state index contributed by atoms with van der Waals surface area (Å²) in [6, 6.07) is 0. The standard InChI is InChI=1S/C11H15N7O/c1-8-4-16-18(7-8)3-2-13-11(19)9-5-15-10(17-12)6-14-9/h4-7H,2-3,12H2,1H3,(H,13,19)(H,15,17). The summed E-state index contributed by atoms with van der Waals surface area (Å²) in [4.78, 5) is 19.6. The van der Waals surface area contributed by atoms with Gasteiger partial charge in [-0.2, -0.15) is 5.10 Å². The molecule has 8 heteroatoms. The van der Waals surface area contributed by atoms with E-state index in [2.05, 4.69) is 25.8 Å². The third-order valence-corrected chi connectivity index (χ3v) is 2.42. The molecule has 0 aliphatic heterocycles. The van der Waals surface area contributed by atoms with Gasteiger partial charge in [-0.1, -0.05) is 0 Å². The Balaban J connectivity index is 1.83. The number of anilines is 1. The molecular weight excluding hydrogens is 246 g/mol. The molecule has 0 fully saturated rings. The molecule has 0 aliphatic rings. The van der Waals surface area contributed by atoms with Crippen molar-refractivity contribution in [1.29, 1.82) is 0 Å². The van der Waals surface area contributed by atoms with E-state index in [1.807, 2.05) is 13.1 Å². The molecule has 0 radical (unpaired) electrons. The van der Waals surface area contributed by atoms with Gasteiger partial charge >= 0.3 is 0 Å². The lowest BCUT2D eigenvalue weighted by atomic mass is 10.4. The molecule has 0 aromatic carbocycles. The summed E-state index contributed by atoms with van der Waals surface area (Å²) >= 11 is 0. The van der Waals surface area contributed by atoms with Gasteiger partial charge in [-0.25, -0.2) is 15.8 Å². The van der Waals surface area contributed by atoms with Gasteiger partial charge in [0.25, 0.3) is 5.91 Å². The number of hydrazine groups is 1. The molecule has 2 aromatic rings. The van der Waals surface area contributed by atoms with Crippen LogP contribution in [0.3, 0.4) is 0 Å². The van der Waals surface area contributed by atoms with Crippen LogP contribution >= 0.6 is 0 Å². The highest BCUT2D eigenvalue weighted by molar-refractivity contribution is 5.91. The predicted molar refractivity (Wildman–Crippen MR) is 69.1 cm³/mol. The van der Waals surface area contributed by atoms with Gasteiger partial charge in [-0.3, -0.25) is 9.48 Å². The van der Waals surface area contributed by atoms with Crippen molar-refractivity contribution in [2.45, 2.75) is 13.5 Å². The van der Waals surface area contributed by atoms with Gasteiger partial charge in [0.2, 0.25) is 0 Å². The molecular formula is C11H15N7O. The fraction of sp³-hybridized carbons (Fsp3) is 0.273. The lowest BCUT2D eigenvalue weighted by molar-refractivity contribution is 0.0946. The molecule has 2 heterocycles. The van der Waals surface area contributed by atoms with Gasteiger partial charge in [0.05, 0.1) is 25.1 Å². The van der Waals surface area contributed by atoms with Crippen LogP contribution in [0.15, 0.2) is 24.8 Å². The van der Waals surface area contributed by atoms with Crippen molar-refractivity contribution in [3.8, 4) is 0 Å². The van der Waals surface area contributed by atoms with Crippen LogP contribution in [0.2, 0.25) is 0 Å². The maximum Gasteiger partial charge on any atom is 0.271 e. The Labute approximate surface area is 110 Å².